The lowest BCUT2D eigenvalue weighted by Gasteiger charge is -2.03. The lowest BCUT2D eigenvalue weighted by molar-refractivity contribution is 0.621. The fourth-order valence-electron chi connectivity index (χ4n) is 1.86. The zero-order chi connectivity index (χ0) is 9.47. The van der Waals surface area contributed by atoms with E-state index in [-0.39, 0.29) is 0 Å². The summed E-state index contributed by atoms with van der Waals surface area (Å²) < 4.78 is 0. The van der Waals surface area contributed by atoms with E-state index in [9.17, 15) is 0 Å². The molecule has 0 saturated heterocycles. The quantitative estimate of drug-likeness (QED) is 0.637. The van der Waals surface area contributed by atoms with Crippen LogP contribution >= 0.6 is 0 Å². The van der Waals surface area contributed by atoms with E-state index in [1.807, 2.05) is 18.2 Å². The maximum atomic E-state index is 8.74. The van der Waals surface area contributed by atoms with Crippen molar-refractivity contribution in [3.8, 4) is 6.07 Å². The topological polar surface area (TPSA) is 23.8 Å². The molecule has 1 heteroatoms. The predicted molar refractivity (Wildman–Crippen MR) is 52.3 cm³/mol. The van der Waals surface area contributed by atoms with Gasteiger partial charge in [-0.2, -0.15) is 5.26 Å². The molecule has 0 N–H and O–H groups in total. The maximum absolute atomic E-state index is 8.74. The summed E-state index contributed by atoms with van der Waals surface area (Å²) in [6.45, 7) is 4.55. The monoisotopic (exact) mass is 171 g/mol. The number of nitriles is 1. The first-order chi connectivity index (χ1) is 6.13. The maximum Gasteiger partial charge on any atom is 0.0991 e. The number of benzene rings is 1. The Balaban J connectivity index is 2.29. The molecule has 1 aromatic rings. The summed E-state index contributed by atoms with van der Waals surface area (Å²) >= 11 is 0. The van der Waals surface area contributed by atoms with Gasteiger partial charge in [-0.3, -0.25) is 0 Å². The SMILES string of the molecule is CC1(C)CC1c1cccc(C#N)c1. The zero-order valence-electron chi connectivity index (χ0n) is 8.04. The van der Waals surface area contributed by atoms with Gasteiger partial charge in [0.15, 0.2) is 0 Å². The van der Waals surface area contributed by atoms with Crippen LogP contribution in [0.25, 0.3) is 0 Å². The van der Waals surface area contributed by atoms with Gasteiger partial charge in [0.25, 0.3) is 0 Å². The van der Waals surface area contributed by atoms with E-state index in [1.165, 1.54) is 12.0 Å². The third kappa shape index (κ3) is 1.45. The molecule has 1 nitrogen and oxygen atoms in total. The first kappa shape index (κ1) is 8.31. The summed E-state index contributed by atoms with van der Waals surface area (Å²) in [7, 11) is 0. The molecule has 1 saturated carbocycles. The first-order valence-corrected chi connectivity index (χ1v) is 4.63. The van der Waals surface area contributed by atoms with E-state index in [0.717, 1.165) is 5.56 Å². The van der Waals surface area contributed by atoms with Crippen molar-refractivity contribution in [2.75, 3.05) is 0 Å². The summed E-state index contributed by atoms with van der Waals surface area (Å²) in [5.41, 5.74) is 2.55. The van der Waals surface area contributed by atoms with E-state index < -0.39 is 0 Å². The fourth-order valence-corrected chi connectivity index (χ4v) is 1.86. The molecule has 0 aromatic heterocycles. The summed E-state index contributed by atoms with van der Waals surface area (Å²) in [6, 6.07) is 10.2. The standard InChI is InChI=1S/C12H13N/c1-12(2)7-11(12)10-5-3-4-9(6-10)8-13/h3-6,11H,7H2,1-2H3. The lowest BCUT2D eigenvalue weighted by Crippen LogP contribution is -1.90. The summed E-state index contributed by atoms with van der Waals surface area (Å²) in [4.78, 5) is 0. The second-order valence-corrected chi connectivity index (χ2v) is 4.48. The molecule has 2 rings (SSSR count). The Morgan fingerprint density at radius 2 is 2.15 bits per heavy atom. The molecular formula is C12H13N. The predicted octanol–water partition coefficient (Wildman–Crippen LogP) is 3.07. The Bertz CT molecular complexity index is 371. The highest BCUT2D eigenvalue weighted by atomic mass is 14.5. The van der Waals surface area contributed by atoms with Gasteiger partial charge < -0.3 is 0 Å². The van der Waals surface area contributed by atoms with Crippen LogP contribution in [0.1, 0.15) is 37.3 Å². The average Bonchev–Trinajstić information content (AvgIpc) is 2.76. The van der Waals surface area contributed by atoms with Crippen molar-refractivity contribution in [1.82, 2.24) is 0 Å². The largest absolute Gasteiger partial charge is 0.192 e. The Labute approximate surface area is 79.0 Å². The van der Waals surface area contributed by atoms with Crippen LogP contribution in [0.4, 0.5) is 0 Å². The van der Waals surface area contributed by atoms with Gasteiger partial charge in [-0.25, -0.2) is 0 Å². The summed E-state index contributed by atoms with van der Waals surface area (Å²) in [6.07, 6.45) is 1.25. The highest BCUT2D eigenvalue weighted by Gasteiger charge is 2.46. The van der Waals surface area contributed by atoms with E-state index >= 15 is 0 Å². The van der Waals surface area contributed by atoms with Crippen LogP contribution in [0.15, 0.2) is 24.3 Å². The van der Waals surface area contributed by atoms with Crippen molar-refractivity contribution in [2.45, 2.75) is 26.2 Å². The third-order valence-electron chi connectivity index (χ3n) is 2.93. The number of hydrogen-bond acceptors (Lipinski definition) is 1. The number of hydrogen-bond donors (Lipinski definition) is 0. The Kier molecular flexibility index (Phi) is 1.66. The van der Waals surface area contributed by atoms with Crippen LogP contribution in [0.3, 0.4) is 0 Å². The molecule has 0 heterocycles. The van der Waals surface area contributed by atoms with Crippen LogP contribution in [0, 0.1) is 16.7 Å². The van der Waals surface area contributed by atoms with Crippen molar-refractivity contribution >= 4 is 0 Å². The van der Waals surface area contributed by atoms with Gasteiger partial charge in [-0.1, -0.05) is 26.0 Å². The lowest BCUT2D eigenvalue weighted by atomic mass is 10.0. The highest BCUT2D eigenvalue weighted by Crippen LogP contribution is 2.58. The van der Waals surface area contributed by atoms with E-state index in [2.05, 4.69) is 26.0 Å². The molecule has 1 atom stereocenters. The van der Waals surface area contributed by atoms with Gasteiger partial charge in [0.05, 0.1) is 11.6 Å². The molecule has 66 valence electrons. The van der Waals surface area contributed by atoms with Crippen LogP contribution in [-0.2, 0) is 0 Å². The molecule has 1 unspecified atom stereocenters. The molecule has 0 aliphatic heterocycles. The molecule has 1 aromatic carbocycles. The van der Waals surface area contributed by atoms with Crippen molar-refractivity contribution in [2.24, 2.45) is 5.41 Å². The van der Waals surface area contributed by atoms with Gasteiger partial charge in [-0.15, -0.1) is 0 Å². The number of nitrogens with zero attached hydrogens (tertiary/aromatic N) is 1. The normalized spacial score (nSPS) is 23.6. The first-order valence-electron chi connectivity index (χ1n) is 4.63. The van der Waals surface area contributed by atoms with Crippen LogP contribution < -0.4 is 0 Å². The van der Waals surface area contributed by atoms with Crippen molar-refractivity contribution in [1.29, 1.82) is 5.26 Å². The second-order valence-electron chi connectivity index (χ2n) is 4.48. The van der Waals surface area contributed by atoms with Crippen molar-refractivity contribution in [3.05, 3.63) is 35.4 Å². The van der Waals surface area contributed by atoms with E-state index in [4.69, 9.17) is 5.26 Å². The Morgan fingerprint density at radius 1 is 1.46 bits per heavy atom. The van der Waals surface area contributed by atoms with Gasteiger partial charge in [0.2, 0.25) is 0 Å². The molecule has 0 radical (unpaired) electrons. The third-order valence-corrected chi connectivity index (χ3v) is 2.93. The molecule has 0 amide bonds. The summed E-state index contributed by atoms with van der Waals surface area (Å²) in [5.74, 6) is 0.667. The average molecular weight is 171 g/mol. The van der Waals surface area contributed by atoms with Crippen LogP contribution in [-0.4, -0.2) is 0 Å². The smallest absolute Gasteiger partial charge is 0.0991 e. The van der Waals surface area contributed by atoms with E-state index in [0.29, 0.717) is 11.3 Å². The van der Waals surface area contributed by atoms with Gasteiger partial charge in [0, 0.05) is 0 Å². The minimum atomic E-state index is 0.452. The van der Waals surface area contributed by atoms with Crippen molar-refractivity contribution < 1.29 is 0 Å². The molecule has 13 heavy (non-hydrogen) atoms. The number of rotatable bonds is 1. The Hall–Kier alpha value is -1.29. The second kappa shape index (κ2) is 2.60. The molecule has 0 bridgehead atoms. The molecule has 1 fully saturated rings. The Morgan fingerprint density at radius 3 is 2.69 bits per heavy atom. The van der Waals surface area contributed by atoms with Gasteiger partial charge >= 0.3 is 0 Å². The van der Waals surface area contributed by atoms with Crippen LogP contribution in [0.5, 0.6) is 0 Å². The van der Waals surface area contributed by atoms with Crippen LogP contribution in [0.2, 0.25) is 0 Å². The zero-order valence-corrected chi connectivity index (χ0v) is 8.04. The molecule has 1 aliphatic carbocycles. The minimum absolute atomic E-state index is 0.452. The fraction of sp³-hybridized carbons (Fsp3) is 0.417. The molecule has 0 spiro atoms. The van der Waals surface area contributed by atoms with E-state index in [1.54, 1.807) is 0 Å². The molecule has 1 aliphatic rings. The highest BCUT2D eigenvalue weighted by molar-refractivity contribution is 5.37. The van der Waals surface area contributed by atoms with Crippen molar-refractivity contribution in [3.63, 3.8) is 0 Å². The van der Waals surface area contributed by atoms with Gasteiger partial charge in [0.1, 0.15) is 0 Å². The molecular weight excluding hydrogens is 158 g/mol. The van der Waals surface area contributed by atoms with Gasteiger partial charge in [-0.05, 0) is 35.4 Å². The minimum Gasteiger partial charge on any atom is -0.192 e. The summed E-state index contributed by atoms with van der Waals surface area (Å²) in [5, 5.41) is 8.74.